The number of fused-ring (bicyclic) bond motifs is 1. The van der Waals surface area contributed by atoms with Crippen molar-refractivity contribution in [2.45, 2.75) is 39.3 Å². The van der Waals surface area contributed by atoms with Crippen molar-refractivity contribution in [1.29, 1.82) is 0 Å². The van der Waals surface area contributed by atoms with Crippen molar-refractivity contribution in [2.24, 2.45) is 0 Å². The molecule has 0 aliphatic heterocycles. The molecule has 1 N–H and O–H groups in total. The molecule has 196 valence electrons. The maximum absolute atomic E-state index is 14.7. The Morgan fingerprint density at radius 1 is 1.03 bits per heavy atom. The second-order valence-electron chi connectivity index (χ2n) is 9.80. The topological polar surface area (TPSA) is 99.5 Å². The van der Waals surface area contributed by atoms with Crippen LogP contribution in [0, 0.1) is 5.82 Å². The highest BCUT2D eigenvalue weighted by molar-refractivity contribution is 5.95. The number of nitrogens with zero attached hydrogens (tertiary/aromatic N) is 2. The number of aromatic nitrogens is 2. The molecule has 0 saturated heterocycles. The van der Waals surface area contributed by atoms with Crippen molar-refractivity contribution in [1.82, 2.24) is 9.55 Å². The van der Waals surface area contributed by atoms with Crippen molar-refractivity contribution >= 4 is 28.5 Å². The molecule has 0 spiro atoms. The summed E-state index contributed by atoms with van der Waals surface area (Å²) in [6.07, 6.45) is 1.35. The summed E-state index contributed by atoms with van der Waals surface area (Å²) >= 11 is 0. The lowest BCUT2D eigenvalue weighted by molar-refractivity contribution is -0.115. The molecule has 1 heterocycles. The van der Waals surface area contributed by atoms with E-state index in [0.29, 0.717) is 16.9 Å². The van der Waals surface area contributed by atoms with E-state index in [1.807, 2.05) is 0 Å². The summed E-state index contributed by atoms with van der Waals surface area (Å²) in [7, 11) is 1.53. The minimum atomic E-state index is -0.695. The third kappa shape index (κ3) is 6.42. The first-order valence-electron chi connectivity index (χ1n) is 12.0. The average molecular weight is 518 g/mol. The highest BCUT2D eigenvalue weighted by Crippen LogP contribution is 2.21. The standard InChI is InChI=1S/C29H28FN3O5/c1-29(2,3)38-28(36)20-10-8-18(9-11-20)16-33-17-31-24-15-23(30)25(14-22(24)27(33)35)32-26(34)13-19-6-5-7-21(12-19)37-4/h5-12,14-15,17H,13,16H2,1-4H3,(H,32,34). The SMILES string of the molecule is COc1cccc(CC(=O)Nc2cc3c(=O)n(Cc4ccc(C(=O)OC(C)(C)C)cc4)cnc3cc2F)c1. The van der Waals surface area contributed by atoms with Crippen LogP contribution in [0.25, 0.3) is 10.9 Å². The van der Waals surface area contributed by atoms with Gasteiger partial charge in [0.15, 0.2) is 0 Å². The maximum atomic E-state index is 14.7. The third-order valence-corrected chi connectivity index (χ3v) is 5.63. The smallest absolute Gasteiger partial charge is 0.338 e. The van der Waals surface area contributed by atoms with Crippen molar-refractivity contribution in [3.8, 4) is 5.75 Å². The lowest BCUT2D eigenvalue weighted by atomic mass is 10.1. The van der Waals surface area contributed by atoms with E-state index >= 15 is 0 Å². The zero-order valence-electron chi connectivity index (χ0n) is 21.6. The van der Waals surface area contributed by atoms with Gasteiger partial charge in [0.25, 0.3) is 5.56 Å². The van der Waals surface area contributed by atoms with Crippen LogP contribution in [0.2, 0.25) is 0 Å². The van der Waals surface area contributed by atoms with Crippen LogP contribution >= 0.6 is 0 Å². The monoisotopic (exact) mass is 517 g/mol. The van der Waals surface area contributed by atoms with Crippen LogP contribution in [-0.4, -0.2) is 34.1 Å². The second-order valence-corrected chi connectivity index (χ2v) is 9.80. The van der Waals surface area contributed by atoms with Crippen LogP contribution in [0.1, 0.15) is 42.3 Å². The van der Waals surface area contributed by atoms with Gasteiger partial charge >= 0.3 is 5.97 Å². The van der Waals surface area contributed by atoms with Crippen molar-refractivity contribution in [2.75, 3.05) is 12.4 Å². The fourth-order valence-electron chi connectivity index (χ4n) is 3.83. The van der Waals surface area contributed by atoms with E-state index in [2.05, 4.69) is 10.3 Å². The predicted molar refractivity (Wildman–Crippen MR) is 142 cm³/mol. The first-order valence-corrected chi connectivity index (χ1v) is 12.0. The molecule has 0 atom stereocenters. The molecule has 4 aromatic rings. The maximum Gasteiger partial charge on any atom is 0.338 e. The molecular weight excluding hydrogens is 489 g/mol. The molecule has 9 heteroatoms. The quantitative estimate of drug-likeness (QED) is 0.356. The minimum absolute atomic E-state index is 0.00520. The summed E-state index contributed by atoms with van der Waals surface area (Å²) in [5, 5.41) is 2.71. The highest BCUT2D eigenvalue weighted by atomic mass is 19.1. The molecule has 0 saturated carbocycles. The van der Waals surface area contributed by atoms with Crippen LogP contribution in [0.3, 0.4) is 0 Å². The summed E-state index contributed by atoms with van der Waals surface area (Å²) in [6.45, 7) is 5.57. The molecule has 0 aliphatic carbocycles. The normalized spacial score (nSPS) is 11.3. The highest BCUT2D eigenvalue weighted by Gasteiger charge is 2.18. The number of carbonyl (C=O) groups excluding carboxylic acids is 2. The van der Waals surface area contributed by atoms with E-state index in [-0.39, 0.29) is 29.6 Å². The molecule has 1 amide bonds. The van der Waals surface area contributed by atoms with E-state index in [4.69, 9.17) is 9.47 Å². The van der Waals surface area contributed by atoms with Gasteiger partial charge in [0.1, 0.15) is 17.2 Å². The Morgan fingerprint density at radius 2 is 1.76 bits per heavy atom. The Balaban J connectivity index is 1.53. The van der Waals surface area contributed by atoms with Gasteiger partial charge in [-0.3, -0.25) is 14.2 Å². The molecule has 1 aromatic heterocycles. The number of benzene rings is 3. The van der Waals surface area contributed by atoms with E-state index < -0.39 is 28.9 Å². The number of carbonyl (C=O) groups is 2. The Hall–Kier alpha value is -4.53. The lowest BCUT2D eigenvalue weighted by Gasteiger charge is -2.19. The van der Waals surface area contributed by atoms with Gasteiger partial charge in [0.05, 0.1) is 48.6 Å². The zero-order valence-corrected chi connectivity index (χ0v) is 21.6. The number of esters is 1. The zero-order chi connectivity index (χ0) is 27.4. The number of ether oxygens (including phenoxy) is 2. The Morgan fingerprint density at radius 3 is 2.45 bits per heavy atom. The average Bonchev–Trinajstić information content (AvgIpc) is 2.86. The lowest BCUT2D eigenvalue weighted by Crippen LogP contribution is -2.24. The first-order chi connectivity index (χ1) is 18.0. The van der Waals surface area contributed by atoms with Gasteiger partial charge in [-0.2, -0.15) is 0 Å². The molecule has 4 rings (SSSR count). The van der Waals surface area contributed by atoms with Gasteiger partial charge in [0.2, 0.25) is 5.91 Å². The van der Waals surface area contributed by atoms with Crippen molar-refractivity contribution in [3.63, 3.8) is 0 Å². The third-order valence-electron chi connectivity index (χ3n) is 5.63. The van der Waals surface area contributed by atoms with E-state index in [0.717, 1.165) is 11.6 Å². The minimum Gasteiger partial charge on any atom is -0.497 e. The number of nitrogens with one attached hydrogen (secondary N) is 1. The van der Waals surface area contributed by atoms with E-state index in [1.54, 1.807) is 69.3 Å². The number of rotatable bonds is 7. The van der Waals surface area contributed by atoms with Gasteiger partial charge in [-0.15, -0.1) is 0 Å². The Labute approximate surface area is 219 Å². The van der Waals surface area contributed by atoms with Crippen molar-refractivity contribution < 1.29 is 23.5 Å². The molecule has 0 fully saturated rings. The fourth-order valence-corrected chi connectivity index (χ4v) is 3.83. The van der Waals surface area contributed by atoms with Gasteiger partial charge in [-0.25, -0.2) is 14.2 Å². The Kier molecular flexibility index (Phi) is 7.57. The fraction of sp³-hybridized carbons (Fsp3) is 0.241. The molecule has 0 unspecified atom stereocenters. The number of anilines is 1. The van der Waals surface area contributed by atoms with Crippen LogP contribution in [0.5, 0.6) is 5.75 Å². The molecular formula is C29H28FN3O5. The largest absolute Gasteiger partial charge is 0.497 e. The number of hydrogen-bond donors (Lipinski definition) is 1. The van der Waals surface area contributed by atoms with Gasteiger partial charge in [-0.1, -0.05) is 24.3 Å². The van der Waals surface area contributed by atoms with Crippen LogP contribution < -0.4 is 15.6 Å². The van der Waals surface area contributed by atoms with Gasteiger partial charge in [0, 0.05) is 6.07 Å². The molecule has 8 nitrogen and oxygen atoms in total. The molecule has 38 heavy (non-hydrogen) atoms. The molecule has 0 radical (unpaired) electrons. The molecule has 0 bridgehead atoms. The van der Waals surface area contributed by atoms with E-state index in [9.17, 15) is 18.8 Å². The number of amides is 1. The number of hydrogen-bond acceptors (Lipinski definition) is 6. The van der Waals surface area contributed by atoms with Gasteiger partial charge in [-0.05, 0) is 62.2 Å². The summed E-state index contributed by atoms with van der Waals surface area (Å²) in [4.78, 5) is 42.2. The van der Waals surface area contributed by atoms with Crippen molar-refractivity contribution in [3.05, 3.63) is 99.9 Å². The Bertz CT molecular complexity index is 1560. The van der Waals surface area contributed by atoms with Crippen LogP contribution in [-0.2, 0) is 22.5 Å². The summed E-state index contributed by atoms with van der Waals surface area (Å²) in [5.41, 5.74) is 0.928. The predicted octanol–water partition coefficient (Wildman–Crippen LogP) is 4.73. The van der Waals surface area contributed by atoms with Crippen LogP contribution in [0.4, 0.5) is 10.1 Å². The van der Waals surface area contributed by atoms with Gasteiger partial charge < -0.3 is 14.8 Å². The second kappa shape index (κ2) is 10.8. The molecule has 0 aliphatic rings. The first kappa shape index (κ1) is 26.5. The number of methoxy groups -OCH3 is 1. The molecule has 3 aromatic carbocycles. The summed E-state index contributed by atoms with van der Waals surface area (Å²) in [5.74, 6) is -0.959. The summed E-state index contributed by atoms with van der Waals surface area (Å²) in [6, 6.07) is 16.1. The summed E-state index contributed by atoms with van der Waals surface area (Å²) < 4.78 is 26.6. The number of halogens is 1. The van der Waals surface area contributed by atoms with Crippen LogP contribution in [0.15, 0.2) is 71.8 Å². The van der Waals surface area contributed by atoms with E-state index in [1.165, 1.54) is 24.1 Å².